The number of nitrogens with one attached hydrogen (secondary N) is 1. The molecule has 1 saturated carbocycles. The average molecular weight is 263 g/mol. The Morgan fingerprint density at radius 2 is 1.89 bits per heavy atom. The zero-order valence-corrected chi connectivity index (χ0v) is 12.2. The van der Waals surface area contributed by atoms with Crippen LogP contribution in [0.1, 0.15) is 62.6 Å². The molecule has 0 amide bonds. The lowest BCUT2D eigenvalue weighted by Gasteiger charge is -2.28. The summed E-state index contributed by atoms with van der Waals surface area (Å²) in [5.74, 6) is 0.604. The molecule has 0 saturated heterocycles. The molecule has 1 aliphatic rings. The molecular weight excluding hydrogens is 237 g/mol. The highest BCUT2D eigenvalue weighted by Crippen LogP contribution is 2.34. The van der Waals surface area contributed by atoms with Gasteiger partial charge >= 0.3 is 0 Å². The predicted octanol–water partition coefficient (Wildman–Crippen LogP) is 4.76. The maximum Gasteiger partial charge on any atom is 0.126 e. The van der Waals surface area contributed by atoms with Crippen molar-refractivity contribution in [3.05, 3.63) is 35.1 Å². The van der Waals surface area contributed by atoms with Crippen LogP contribution >= 0.6 is 0 Å². The maximum atomic E-state index is 13.4. The third-order valence-corrected chi connectivity index (χ3v) is 4.34. The van der Waals surface area contributed by atoms with Gasteiger partial charge in [0.05, 0.1) is 0 Å². The van der Waals surface area contributed by atoms with Gasteiger partial charge in [0, 0.05) is 6.04 Å². The lowest BCUT2D eigenvalue weighted by molar-refractivity contribution is 0.330. The van der Waals surface area contributed by atoms with Gasteiger partial charge < -0.3 is 5.32 Å². The summed E-state index contributed by atoms with van der Waals surface area (Å²) in [5.41, 5.74) is 2.02. The largest absolute Gasteiger partial charge is 0.310 e. The van der Waals surface area contributed by atoms with Gasteiger partial charge in [0.25, 0.3) is 0 Å². The second kappa shape index (κ2) is 7.04. The van der Waals surface area contributed by atoms with Crippen molar-refractivity contribution in [1.29, 1.82) is 0 Å². The van der Waals surface area contributed by atoms with E-state index in [9.17, 15) is 4.39 Å². The molecule has 2 rings (SSSR count). The van der Waals surface area contributed by atoms with Crippen molar-refractivity contribution in [2.75, 3.05) is 6.54 Å². The number of hydrogen-bond acceptors (Lipinski definition) is 1. The van der Waals surface area contributed by atoms with Gasteiger partial charge in [-0.05, 0) is 49.4 Å². The molecule has 106 valence electrons. The first kappa shape index (κ1) is 14.5. The van der Waals surface area contributed by atoms with E-state index in [0.717, 1.165) is 12.1 Å². The summed E-state index contributed by atoms with van der Waals surface area (Å²) in [7, 11) is 0. The van der Waals surface area contributed by atoms with Gasteiger partial charge in [0.1, 0.15) is 5.82 Å². The Hall–Kier alpha value is -0.890. The van der Waals surface area contributed by atoms with E-state index < -0.39 is 0 Å². The summed E-state index contributed by atoms with van der Waals surface area (Å²) in [6.45, 7) is 4.98. The molecule has 1 unspecified atom stereocenters. The van der Waals surface area contributed by atoms with Crippen molar-refractivity contribution in [1.82, 2.24) is 5.32 Å². The van der Waals surface area contributed by atoms with E-state index in [1.807, 2.05) is 19.1 Å². The van der Waals surface area contributed by atoms with E-state index in [2.05, 4.69) is 12.2 Å². The molecule has 1 aliphatic carbocycles. The van der Waals surface area contributed by atoms with Crippen molar-refractivity contribution >= 4 is 0 Å². The molecule has 1 atom stereocenters. The first-order valence-corrected chi connectivity index (χ1v) is 7.71. The van der Waals surface area contributed by atoms with Crippen molar-refractivity contribution in [3.8, 4) is 0 Å². The summed E-state index contributed by atoms with van der Waals surface area (Å²) in [4.78, 5) is 0. The minimum Gasteiger partial charge on any atom is -0.310 e. The van der Waals surface area contributed by atoms with Crippen LogP contribution in [0.4, 0.5) is 4.39 Å². The van der Waals surface area contributed by atoms with Crippen LogP contribution in [0.2, 0.25) is 0 Å². The normalized spacial score (nSPS) is 19.1. The van der Waals surface area contributed by atoms with Crippen LogP contribution < -0.4 is 5.32 Å². The zero-order chi connectivity index (χ0) is 13.7. The second-order valence-electron chi connectivity index (χ2n) is 5.80. The molecular formula is C17H26FN. The molecule has 0 radical (unpaired) electrons. The molecule has 0 heterocycles. The molecule has 19 heavy (non-hydrogen) atoms. The fourth-order valence-electron chi connectivity index (χ4n) is 3.28. The number of rotatable bonds is 4. The third kappa shape index (κ3) is 3.79. The predicted molar refractivity (Wildman–Crippen MR) is 78.7 cm³/mol. The number of benzene rings is 1. The maximum absolute atomic E-state index is 13.4. The fourth-order valence-corrected chi connectivity index (χ4v) is 3.28. The van der Waals surface area contributed by atoms with Crippen LogP contribution in [0.3, 0.4) is 0 Å². The Bertz CT molecular complexity index is 394. The first-order chi connectivity index (χ1) is 9.22. The Kier molecular flexibility index (Phi) is 5.38. The van der Waals surface area contributed by atoms with Gasteiger partial charge in [-0.1, -0.05) is 44.7 Å². The van der Waals surface area contributed by atoms with E-state index in [4.69, 9.17) is 0 Å². The van der Waals surface area contributed by atoms with E-state index in [1.165, 1.54) is 44.1 Å². The highest BCUT2D eigenvalue weighted by Gasteiger charge is 2.23. The van der Waals surface area contributed by atoms with Crippen LogP contribution in [0.5, 0.6) is 0 Å². The van der Waals surface area contributed by atoms with Crippen molar-refractivity contribution in [3.63, 3.8) is 0 Å². The molecule has 0 bridgehead atoms. The smallest absolute Gasteiger partial charge is 0.126 e. The van der Waals surface area contributed by atoms with Crippen LogP contribution in [0, 0.1) is 18.7 Å². The summed E-state index contributed by atoms with van der Waals surface area (Å²) in [5, 5.41) is 3.62. The highest BCUT2D eigenvalue weighted by atomic mass is 19.1. The molecule has 1 fully saturated rings. The van der Waals surface area contributed by atoms with E-state index in [1.54, 1.807) is 6.07 Å². The molecule has 2 heteroatoms. The zero-order valence-electron chi connectivity index (χ0n) is 12.2. The molecule has 1 N–H and O–H groups in total. The summed E-state index contributed by atoms with van der Waals surface area (Å²) in [6, 6.07) is 5.99. The molecule has 1 aromatic carbocycles. The Morgan fingerprint density at radius 1 is 1.21 bits per heavy atom. The average Bonchev–Trinajstić information content (AvgIpc) is 2.68. The Balaban J connectivity index is 2.19. The standard InChI is InChI=1S/C17H26FN/c1-3-19-17(14-8-6-4-5-7-9-14)15-10-11-16(18)13(2)12-15/h10-12,14,17,19H,3-9H2,1-2H3. The molecule has 0 aromatic heterocycles. The Labute approximate surface area is 116 Å². The molecule has 1 aromatic rings. The van der Waals surface area contributed by atoms with Gasteiger partial charge in [-0.15, -0.1) is 0 Å². The van der Waals surface area contributed by atoms with Gasteiger partial charge in [0.2, 0.25) is 0 Å². The lowest BCUT2D eigenvalue weighted by Crippen LogP contribution is -2.28. The van der Waals surface area contributed by atoms with Crippen molar-refractivity contribution in [2.45, 2.75) is 58.4 Å². The fraction of sp³-hybridized carbons (Fsp3) is 0.647. The van der Waals surface area contributed by atoms with Gasteiger partial charge in [-0.2, -0.15) is 0 Å². The van der Waals surface area contributed by atoms with E-state index in [0.29, 0.717) is 12.0 Å². The van der Waals surface area contributed by atoms with Gasteiger partial charge in [0.15, 0.2) is 0 Å². The number of halogens is 1. The molecule has 0 aliphatic heterocycles. The monoisotopic (exact) mass is 263 g/mol. The van der Waals surface area contributed by atoms with E-state index >= 15 is 0 Å². The van der Waals surface area contributed by atoms with E-state index in [-0.39, 0.29) is 5.82 Å². The van der Waals surface area contributed by atoms with Crippen LogP contribution in [-0.2, 0) is 0 Å². The highest BCUT2D eigenvalue weighted by molar-refractivity contribution is 5.27. The van der Waals surface area contributed by atoms with Gasteiger partial charge in [-0.25, -0.2) is 4.39 Å². The van der Waals surface area contributed by atoms with Crippen LogP contribution in [0.15, 0.2) is 18.2 Å². The van der Waals surface area contributed by atoms with Crippen molar-refractivity contribution < 1.29 is 4.39 Å². The van der Waals surface area contributed by atoms with Crippen LogP contribution in [0.25, 0.3) is 0 Å². The quantitative estimate of drug-likeness (QED) is 0.773. The lowest BCUT2D eigenvalue weighted by atomic mass is 9.86. The summed E-state index contributed by atoms with van der Waals surface area (Å²) in [6.07, 6.45) is 8.03. The summed E-state index contributed by atoms with van der Waals surface area (Å²) < 4.78 is 13.4. The first-order valence-electron chi connectivity index (χ1n) is 7.71. The molecule has 0 spiro atoms. The minimum atomic E-state index is -0.0973. The minimum absolute atomic E-state index is 0.0973. The molecule has 1 nitrogen and oxygen atoms in total. The number of aryl methyl sites for hydroxylation is 1. The van der Waals surface area contributed by atoms with Crippen molar-refractivity contribution in [2.24, 2.45) is 5.92 Å². The van der Waals surface area contributed by atoms with Gasteiger partial charge in [-0.3, -0.25) is 0 Å². The topological polar surface area (TPSA) is 12.0 Å². The van der Waals surface area contributed by atoms with Crippen LogP contribution in [-0.4, -0.2) is 6.54 Å². The third-order valence-electron chi connectivity index (χ3n) is 4.34. The Morgan fingerprint density at radius 3 is 2.47 bits per heavy atom. The number of hydrogen-bond donors (Lipinski definition) is 1. The summed E-state index contributed by atoms with van der Waals surface area (Å²) >= 11 is 0. The second-order valence-corrected chi connectivity index (χ2v) is 5.80. The SMILES string of the molecule is CCNC(c1ccc(F)c(C)c1)C1CCCCCC1.